The van der Waals surface area contributed by atoms with Crippen LogP contribution in [0.4, 0.5) is 5.69 Å². The lowest BCUT2D eigenvalue weighted by Crippen LogP contribution is -2.26. The quantitative estimate of drug-likeness (QED) is 0.454. The molecule has 1 amide bonds. The van der Waals surface area contributed by atoms with Crippen molar-refractivity contribution in [3.63, 3.8) is 0 Å². The predicted octanol–water partition coefficient (Wildman–Crippen LogP) is 5.91. The molecule has 4 nitrogen and oxygen atoms in total. The molecule has 0 radical (unpaired) electrons. The third-order valence-electron chi connectivity index (χ3n) is 5.73. The number of para-hydroxylation sites is 3. The van der Waals surface area contributed by atoms with E-state index in [0.29, 0.717) is 11.3 Å². The Balaban J connectivity index is 1.66. The van der Waals surface area contributed by atoms with Gasteiger partial charge in [0.25, 0.3) is 5.91 Å². The van der Waals surface area contributed by atoms with Crippen LogP contribution in [0.3, 0.4) is 0 Å². The van der Waals surface area contributed by atoms with E-state index < -0.39 is 0 Å². The number of fused-ring (bicyclic) bond motifs is 2. The molecular weight excluding hydrogens is 372 g/mol. The molecule has 0 spiro atoms. The van der Waals surface area contributed by atoms with Crippen LogP contribution in [0.25, 0.3) is 10.9 Å². The Kier molecular flexibility index (Phi) is 4.40. The summed E-state index contributed by atoms with van der Waals surface area (Å²) in [5.41, 5.74) is 5.55. The van der Waals surface area contributed by atoms with Gasteiger partial charge in [0.15, 0.2) is 0 Å². The largest absolute Gasteiger partial charge is 0.461 e. The molecule has 1 aliphatic heterocycles. The number of ether oxygens (including phenoxy) is 1. The summed E-state index contributed by atoms with van der Waals surface area (Å²) in [5.74, 6) is 1.04. The van der Waals surface area contributed by atoms with Gasteiger partial charge in [-0.2, -0.15) is 0 Å². The van der Waals surface area contributed by atoms with E-state index in [2.05, 4.69) is 16.4 Å². The molecule has 1 unspecified atom stereocenters. The molecule has 0 saturated carbocycles. The molecule has 30 heavy (non-hydrogen) atoms. The molecule has 1 atom stereocenters. The van der Waals surface area contributed by atoms with Gasteiger partial charge in [0.05, 0.1) is 5.57 Å². The van der Waals surface area contributed by atoms with Gasteiger partial charge in [0.1, 0.15) is 11.5 Å². The van der Waals surface area contributed by atoms with Crippen LogP contribution in [0.15, 0.2) is 90.3 Å². The Bertz CT molecular complexity index is 1300. The van der Waals surface area contributed by atoms with E-state index in [-0.39, 0.29) is 11.8 Å². The molecule has 0 bridgehead atoms. The third kappa shape index (κ3) is 2.98. The normalized spacial score (nSPS) is 15.6. The van der Waals surface area contributed by atoms with Crippen LogP contribution in [0, 0.1) is 6.92 Å². The number of aromatic nitrogens is 1. The number of hydrogen-bond acceptors (Lipinski definition) is 2. The highest BCUT2D eigenvalue weighted by molar-refractivity contribution is 6.07. The average Bonchev–Trinajstić information content (AvgIpc) is 3.18. The molecule has 4 aromatic rings. The van der Waals surface area contributed by atoms with Crippen molar-refractivity contribution in [1.29, 1.82) is 0 Å². The Morgan fingerprint density at radius 1 is 0.900 bits per heavy atom. The van der Waals surface area contributed by atoms with Gasteiger partial charge in [0.2, 0.25) is 0 Å². The van der Waals surface area contributed by atoms with E-state index in [1.165, 1.54) is 0 Å². The van der Waals surface area contributed by atoms with Gasteiger partial charge in [-0.25, -0.2) is 0 Å². The van der Waals surface area contributed by atoms with Crippen molar-refractivity contribution < 1.29 is 9.53 Å². The zero-order valence-electron chi connectivity index (χ0n) is 16.9. The number of carbonyl (C=O) groups excluding carboxylic acids is 1. The minimum Gasteiger partial charge on any atom is -0.461 e. The standard InChI is InChI=1S/C26H22N2O2/c1-16-9-3-6-12-21(16)28-26(29)24-17(2)30-23-14-8-5-11-19(23)25(24)20-15-27-22-13-7-4-10-18(20)22/h3-15,25,27H,1-2H3,(H,28,29). The zero-order valence-corrected chi connectivity index (χ0v) is 16.9. The van der Waals surface area contributed by atoms with Gasteiger partial charge in [-0.15, -0.1) is 0 Å². The van der Waals surface area contributed by atoms with Gasteiger partial charge < -0.3 is 15.0 Å². The number of aryl methyl sites for hydroxylation is 1. The number of hydrogen-bond donors (Lipinski definition) is 2. The van der Waals surface area contributed by atoms with Crippen LogP contribution in [0.2, 0.25) is 0 Å². The summed E-state index contributed by atoms with van der Waals surface area (Å²) in [6.45, 7) is 3.85. The average molecular weight is 394 g/mol. The van der Waals surface area contributed by atoms with E-state index in [1.54, 1.807) is 0 Å². The van der Waals surface area contributed by atoms with Gasteiger partial charge >= 0.3 is 0 Å². The number of aromatic amines is 1. The van der Waals surface area contributed by atoms with Crippen molar-refractivity contribution in [1.82, 2.24) is 4.98 Å². The van der Waals surface area contributed by atoms with Gasteiger partial charge in [-0.05, 0) is 43.2 Å². The van der Waals surface area contributed by atoms with E-state index in [0.717, 1.165) is 39.0 Å². The smallest absolute Gasteiger partial charge is 0.255 e. The summed E-state index contributed by atoms with van der Waals surface area (Å²) in [7, 11) is 0. The molecule has 4 heteroatoms. The second kappa shape index (κ2) is 7.23. The van der Waals surface area contributed by atoms with Crippen molar-refractivity contribution in [3.8, 4) is 5.75 Å². The number of anilines is 1. The number of carbonyl (C=O) groups is 1. The fourth-order valence-corrected chi connectivity index (χ4v) is 4.24. The van der Waals surface area contributed by atoms with E-state index in [1.807, 2.05) is 86.8 Å². The molecule has 0 saturated heterocycles. The second-order valence-corrected chi connectivity index (χ2v) is 7.60. The lowest BCUT2D eigenvalue weighted by Gasteiger charge is -2.29. The topological polar surface area (TPSA) is 54.1 Å². The molecule has 2 heterocycles. The number of benzene rings is 3. The molecule has 1 aliphatic rings. The summed E-state index contributed by atoms with van der Waals surface area (Å²) in [4.78, 5) is 16.9. The molecule has 5 rings (SSSR count). The molecule has 3 aromatic carbocycles. The first-order chi connectivity index (χ1) is 14.6. The lowest BCUT2D eigenvalue weighted by molar-refractivity contribution is -0.113. The van der Waals surface area contributed by atoms with E-state index in [4.69, 9.17) is 4.74 Å². The maximum absolute atomic E-state index is 13.5. The first-order valence-corrected chi connectivity index (χ1v) is 10.0. The fraction of sp³-hybridized carbons (Fsp3) is 0.115. The number of nitrogens with one attached hydrogen (secondary N) is 2. The highest BCUT2D eigenvalue weighted by Gasteiger charge is 2.35. The maximum Gasteiger partial charge on any atom is 0.255 e. The number of amides is 1. The summed E-state index contributed by atoms with van der Waals surface area (Å²) < 4.78 is 6.08. The van der Waals surface area contributed by atoms with Crippen LogP contribution in [0.5, 0.6) is 5.75 Å². The maximum atomic E-state index is 13.5. The highest BCUT2D eigenvalue weighted by atomic mass is 16.5. The number of H-pyrrole nitrogens is 1. The Labute approximate surface area is 175 Å². The Morgan fingerprint density at radius 2 is 1.63 bits per heavy atom. The molecular formula is C26H22N2O2. The van der Waals surface area contributed by atoms with Crippen LogP contribution in [-0.4, -0.2) is 10.9 Å². The first-order valence-electron chi connectivity index (χ1n) is 10.0. The second-order valence-electron chi connectivity index (χ2n) is 7.60. The Hall–Kier alpha value is -3.79. The molecule has 0 aliphatic carbocycles. The van der Waals surface area contributed by atoms with Crippen LogP contribution < -0.4 is 10.1 Å². The van der Waals surface area contributed by atoms with Gasteiger partial charge in [-0.1, -0.05) is 54.6 Å². The Morgan fingerprint density at radius 3 is 2.50 bits per heavy atom. The monoisotopic (exact) mass is 394 g/mol. The minimum absolute atomic E-state index is 0.147. The van der Waals surface area contributed by atoms with Crippen molar-refractivity contribution >= 4 is 22.5 Å². The van der Waals surface area contributed by atoms with E-state index in [9.17, 15) is 4.79 Å². The number of allylic oxidation sites excluding steroid dienone is 1. The summed E-state index contributed by atoms with van der Waals surface area (Å²) in [6, 6.07) is 23.9. The van der Waals surface area contributed by atoms with Crippen molar-refractivity contribution in [3.05, 3.63) is 107 Å². The van der Waals surface area contributed by atoms with Crippen molar-refractivity contribution in [2.75, 3.05) is 5.32 Å². The highest BCUT2D eigenvalue weighted by Crippen LogP contribution is 2.45. The van der Waals surface area contributed by atoms with E-state index >= 15 is 0 Å². The number of rotatable bonds is 3. The molecule has 2 N–H and O–H groups in total. The fourth-order valence-electron chi connectivity index (χ4n) is 4.24. The summed E-state index contributed by atoms with van der Waals surface area (Å²) in [6.07, 6.45) is 2.01. The summed E-state index contributed by atoms with van der Waals surface area (Å²) >= 11 is 0. The van der Waals surface area contributed by atoms with Crippen molar-refractivity contribution in [2.24, 2.45) is 0 Å². The molecule has 0 fully saturated rings. The first kappa shape index (κ1) is 18.3. The van der Waals surface area contributed by atoms with Crippen molar-refractivity contribution in [2.45, 2.75) is 19.8 Å². The predicted molar refractivity (Wildman–Crippen MR) is 120 cm³/mol. The third-order valence-corrected chi connectivity index (χ3v) is 5.73. The van der Waals surface area contributed by atoms with Gasteiger partial charge in [-0.3, -0.25) is 4.79 Å². The van der Waals surface area contributed by atoms with Crippen LogP contribution in [0.1, 0.15) is 29.5 Å². The lowest BCUT2D eigenvalue weighted by atomic mass is 9.81. The van der Waals surface area contributed by atoms with Crippen LogP contribution in [-0.2, 0) is 4.79 Å². The minimum atomic E-state index is -0.227. The summed E-state index contributed by atoms with van der Waals surface area (Å²) in [5, 5.41) is 4.20. The SMILES string of the molecule is CC1=C(C(=O)Nc2ccccc2C)C(c2c[nH]c3ccccc23)c2ccccc2O1. The molecule has 1 aromatic heterocycles. The zero-order chi connectivity index (χ0) is 20.7. The molecule has 148 valence electrons. The van der Waals surface area contributed by atoms with Crippen LogP contribution >= 0.6 is 0 Å². The van der Waals surface area contributed by atoms with Gasteiger partial charge in [0, 0.05) is 34.3 Å².